The Bertz CT molecular complexity index is 103. The van der Waals surface area contributed by atoms with Crippen LogP contribution in [0.3, 0.4) is 0 Å². The molecule has 11 heavy (non-hydrogen) atoms. The van der Waals surface area contributed by atoms with Gasteiger partial charge in [-0.05, 0) is 26.2 Å². The van der Waals surface area contributed by atoms with Crippen LogP contribution in [0.15, 0.2) is 0 Å². The highest BCUT2D eigenvalue weighted by Gasteiger charge is 2.26. The van der Waals surface area contributed by atoms with Crippen LogP contribution >= 0.6 is 0 Å². The zero-order valence-electron chi connectivity index (χ0n) is 7.55. The normalized spacial score (nSPS) is 23.5. The van der Waals surface area contributed by atoms with Gasteiger partial charge in [-0.3, -0.25) is 0 Å². The third-order valence-electron chi connectivity index (χ3n) is 3.01. The smallest absolute Gasteiger partial charge is 0.102 e. The summed E-state index contributed by atoms with van der Waals surface area (Å²) in [5, 5.41) is 8.90. The Hall–Kier alpha value is -0.0800. The third kappa shape index (κ3) is 2.17. The van der Waals surface area contributed by atoms with E-state index in [2.05, 4.69) is 6.92 Å². The maximum atomic E-state index is 8.90. The molecule has 66 valence electrons. The van der Waals surface area contributed by atoms with E-state index in [4.69, 9.17) is 5.11 Å². The van der Waals surface area contributed by atoms with Crippen LogP contribution < -0.4 is 0 Å². The van der Waals surface area contributed by atoms with Crippen molar-refractivity contribution in [3.8, 4) is 0 Å². The number of likely N-dealkylation sites (tertiary alicyclic amines) is 1. The van der Waals surface area contributed by atoms with Crippen molar-refractivity contribution in [3.05, 3.63) is 0 Å². The molecule has 1 aliphatic rings. The number of quaternary nitrogens is 1. The van der Waals surface area contributed by atoms with Crippen molar-refractivity contribution in [2.45, 2.75) is 26.2 Å². The Labute approximate surface area is 69.4 Å². The van der Waals surface area contributed by atoms with Gasteiger partial charge in [-0.2, -0.15) is 0 Å². The average Bonchev–Trinajstić information content (AvgIpc) is 2.07. The summed E-state index contributed by atoms with van der Waals surface area (Å²) in [4.78, 5) is 0. The first-order valence-corrected chi connectivity index (χ1v) is 4.79. The van der Waals surface area contributed by atoms with Crippen LogP contribution in [0.1, 0.15) is 26.2 Å². The maximum absolute atomic E-state index is 8.90. The predicted octanol–water partition coefficient (Wildman–Crippen LogP) is 0.999. The number of likely N-dealkylation sites (N-methyl/N-ethyl adjacent to an activating group) is 1. The minimum atomic E-state index is 0.355. The zero-order chi connectivity index (χ0) is 8.16. The molecule has 0 aromatic heterocycles. The van der Waals surface area contributed by atoms with Gasteiger partial charge in [-0.1, -0.05) is 0 Å². The van der Waals surface area contributed by atoms with Gasteiger partial charge in [0.1, 0.15) is 6.54 Å². The lowest BCUT2D eigenvalue weighted by Crippen LogP contribution is -2.52. The fourth-order valence-electron chi connectivity index (χ4n) is 2.09. The highest BCUT2D eigenvalue weighted by Crippen LogP contribution is 2.17. The molecule has 0 aromatic rings. The van der Waals surface area contributed by atoms with E-state index < -0.39 is 0 Å². The van der Waals surface area contributed by atoms with Crippen molar-refractivity contribution in [2.75, 3.05) is 32.8 Å². The number of hydrogen-bond acceptors (Lipinski definition) is 1. The molecule has 1 heterocycles. The summed E-state index contributed by atoms with van der Waals surface area (Å²) in [5.74, 6) is 0. The van der Waals surface area contributed by atoms with Gasteiger partial charge in [-0.15, -0.1) is 0 Å². The Morgan fingerprint density at radius 2 is 1.82 bits per heavy atom. The van der Waals surface area contributed by atoms with Crippen molar-refractivity contribution in [1.82, 2.24) is 0 Å². The van der Waals surface area contributed by atoms with E-state index >= 15 is 0 Å². The number of hydrogen-bond donors (Lipinski definition) is 1. The molecule has 2 nitrogen and oxygen atoms in total. The Morgan fingerprint density at radius 1 is 1.18 bits per heavy atom. The summed E-state index contributed by atoms with van der Waals surface area (Å²) in [6.07, 6.45) is 4.10. The molecule has 0 atom stereocenters. The van der Waals surface area contributed by atoms with Gasteiger partial charge in [0.15, 0.2) is 0 Å². The molecule has 0 spiro atoms. The monoisotopic (exact) mass is 158 g/mol. The van der Waals surface area contributed by atoms with E-state index in [9.17, 15) is 0 Å². The van der Waals surface area contributed by atoms with Gasteiger partial charge in [0.05, 0.1) is 26.2 Å². The van der Waals surface area contributed by atoms with Crippen LogP contribution in [0.4, 0.5) is 0 Å². The second kappa shape index (κ2) is 4.07. The van der Waals surface area contributed by atoms with E-state index in [-0.39, 0.29) is 0 Å². The largest absolute Gasteiger partial charge is 0.391 e. The lowest BCUT2D eigenvalue weighted by atomic mass is 10.1. The summed E-state index contributed by atoms with van der Waals surface area (Å²) < 4.78 is 1.16. The molecule has 1 rings (SSSR count). The van der Waals surface area contributed by atoms with Crippen molar-refractivity contribution < 1.29 is 9.59 Å². The number of rotatable bonds is 3. The van der Waals surface area contributed by atoms with E-state index in [1.165, 1.54) is 38.9 Å². The molecule has 0 aliphatic carbocycles. The van der Waals surface area contributed by atoms with Gasteiger partial charge in [-0.25, -0.2) is 0 Å². The SMILES string of the molecule is CC[N+]1(CCO)CCCCC1. The van der Waals surface area contributed by atoms with Crippen LogP contribution in [0.25, 0.3) is 0 Å². The van der Waals surface area contributed by atoms with Crippen molar-refractivity contribution in [3.63, 3.8) is 0 Å². The quantitative estimate of drug-likeness (QED) is 0.607. The standard InChI is InChI=1S/C9H20NO/c1-2-10(8-9-11)6-4-3-5-7-10/h11H,2-9H2,1H3/q+1. The van der Waals surface area contributed by atoms with Crippen molar-refractivity contribution in [2.24, 2.45) is 0 Å². The fourth-order valence-corrected chi connectivity index (χ4v) is 2.09. The summed E-state index contributed by atoms with van der Waals surface area (Å²) >= 11 is 0. The van der Waals surface area contributed by atoms with E-state index in [1.54, 1.807) is 0 Å². The molecule has 1 aliphatic heterocycles. The zero-order valence-corrected chi connectivity index (χ0v) is 7.55. The minimum absolute atomic E-state index is 0.355. The van der Waals surface area contributed by atoms with Crippen LogP contribution in [-0.4, -0.2) is 42.4 Å². The van der Waals surface area contributed by atoms with Gasteiger partial charge in [0.25, 0.3) is 0 Å². The minimum Gasteiger partial charge on any atom is -0.391 e. The first-order chi connectivity index (χ1) is 5.33. The molecule has 0 saturated carbocycles. The van der Waals surface area contributed by atoms with Gasteiger partial charge in [0, 0.05) is 0 Å². The van der Waals surface area contributed by atoms with Gasteiger partial charge < -0.3 is 9.59 Å². The Kier molecular flexibility index (Phi) is 3.34. The van der Waals surface area contributed by atoms with E-state index in [0.717, 1.165) is 11.0 Å². The molecule has 0 aromatic carbocycles. The van der Waals surface area contributed by atoms with Gasteiger partial charge >= 0.3 is 0 Å². The van der Waals surface area contributed by atoms with Crippen LogP contribution in [-0.2, 0) is 0 Å². The summed E-state index contributed by atoms with van der Waals surface area (Å²) in [6.45, 7) is 7.33. The molecular formula is C9H20NO+. The summed E-state index contributed by atoms with van der Waals surface area (Å²) in [5.41, 5.74) is 0. The van der Waals surface area contributed by atoms with E-state index in [0.29, 0.717) is 6.61 Å². The van der Waals surface area contributed by atoms with Crippen molar-refractivity contribution in [1.29, 1.82) is 0 Å². The molecule has 1 saturated heterocycles. The first-order valence-electron chi connectivity index (χ1n) is 4.79. The topological polar surface area (TPSA) is 20.2 Å². The molecule has 0 bridgehead atoms. The molecule has 0 unspecified atom stereocenters. The number of aliphatic hydroxyl groups is 1. The summed E-state index contributed by atoms with van der Waals surface area (Å²) in [6, 6.07) is 0. The third-order valence-corrected chi connectivity index (χ3v) is 3.01. The van der Waals surface area contributed by atoms with Gasteiger partial charge in [0.2, 0.25) is 0 Å². The van der Waals surface area contributed by atoms with Crippen LogP contribution in [0, 0.1) is 0 Å². The lowest BCUT2D eigenvalue weighted by molar-refractivity contribution is -0.931. The second-order valence-electron chi connectivity index (χ2n) is 3.61. The van der Waals surface area contributed by atoms with Crippen molar-refractivity contribution >= 4 is 0 Å². The molecule has 0 radical (unpaired) electrons. The molecule has 2 heteroatoms. The molecule has 1 fully saturated rings. The predicted molar refractivity (Wildman–Crippen MR) is 46.3 cm³/mol. The fraction of sp³-hybridized carbons (Fsp3) is 1.00. The van der Waals surface area contributed by atoms with Crippen LogP contribution in [0.5, 0.6) is 0 Å². The first kappa shape index (κ1) is 9.01. The maximum Gasteiger partial charge on any atom is 0.102 e. The molecule has 0 amide bonds. The number of nitrogens with zero attached hydrogens (tertiary/aromatic N) is 1. The summed E-state index contributed by atoms with van der Waals surface area (Å²) in [7, 11) is 0. The highest BCUT2D eigenvalue weighted by atomic mass is 16.3. The average molecular weight is 158 g/mol. The lowest BCUT2D eigenvalue weighted by Gasteiger charge is -2.40. The van der Waals surface area contributed by atoms with Crippen LogP contribution in [0.2, 0.25) is 0 Å². The van der Waals surface area contributed by atoms with E-state index in [1.807, 2.05) is 0 Å². The number of piperidine rings is 1. The molecule has 1 N–H and O–H groups in total. The Morgan fingerprint density at radius 3 is 2.27 bits per heavy atom. The Balaban J connectivity index is 2.42. The molecular weight excluding hydrogens is 138 g/mol. The second-order valence-corrected chi connectivity index (χ2v) is 3.61. The number of aliphatic hydroxyl groups excluding tert-OH is 1. The highest BCUT2D eigenvalue weighted by molar-refractivity contribution is 4.52.